The standard InChI is InChI=1S/C23H30N2O3/c1-4-27-21-11-10-17(14-22(21)28-5-2)19-8-6-7-9-20(19)25-23(26)18-12-13-24-15-16(18)3/h10-15,19-20H,4-9H2,1-3H3,(H,25,26)/t19-,20-/m1/s1. The Morgan fingerprint density at radius 1 is 1.11 bits per heavy atom. The quantitative estimate of drug-likeness (QED) is 0.758. The minimum absolute atomic E-state index is 0.0206. The summed E-state index contributed by atoms with van der Waals surface area (Å²) < 4.78 is 11.5. The monoisotopic (exact) mass is 382 g/mol. The van der Waals surface area contributed by atoms with Crippen molar-refractivity contribution < 1.29 is 14.3 Å². The number of amides is 1. The van der Waals surface area contributed by atoms with Crippen LogP contribution >= 0.6 is 0 Å². The van der Waals surface area contributed by atoms with Crippen LogP contribution in [0.4, 0.5) is 0 Å². The van der Waals surface area contributed by atoms with Crippen molar-refractivity contribution in [1.82, 2.24) is 10.3 Å². The summed E-state index contributed by atoms with van der Waals surface area (Å²) in [7, 11) is 0. The summed E-state index contributed by atoms with van der Waals surface area (Å²) >= 11 is 0. The van der Waals surface area contributed by atoms with Gasteiger partial charge in [-0.15, -0.1) is 0 Å². The van der Waals surface area contributed by atoms with Crippen molar-refractivity contribution in [2.24, 2.45) is 0 Å². The molecule has 2 aromatic rings. The van der Waals surface area contributed by atoms with Crippen molar-refractivity contribution in [1.29, 1.82) is 0 Å². The highest BCUT2D eigenvalue weighted by molar-refractivity contribution is 5.95. The minimum Gasteiger partial charge on any atom is -0.490 e. The molecule has 1 aliphatic rings. The highest BCUT2D eigenvalue weighted by atomic mass is 16.5. The molecule has 1 amide bonds. The van der Waals surface area contributed by atoms with Crippen molar-refractivity contribution in [2.75, 3.05) is 13.2 Å². The number of nitrogens with one attached hydrogen (secondary N) is 1. The largest absolute Gasteiger partial charge is 0.490 e. The van der Waals surface area contributed by atoms with Crippen LogP contribution in [-0.2, 0) is 0 Å². The summed E-state index contributed by atoms with van der Waals surface area (Å²) in [4.78, 5) is 16.9. The SMILES string of the molecule is CCOc1ccc([C@H]2CCCC[C@H]2NC(=O)c2ccncc2C)cc1OCC. The summed E-state index contributed by atoms with van der Waals surface area (Å²) in [5, 5.41) is 3.28. The second kappa shape index (κ2) is 9.58. The molecular formula is C23H30N2O3. The fourth-order valence-electron chi connectivity index (χ4n) is 3.98. The van der Waals surface area contributed by atoms with E-state index in [0.29, 0.717) is 18.8 Å². The molecule has 2 atom stereocenters. The second-order valence-corrected chi connectivity index (χ2v) is 7.23. The predicted octanol–water partition coefficient (Wildman–Crippen LogP) is 4.64. The van der Waals surface area contributed by atoms with Gasteiger partial charge in [0, 0.05) is 29.9 Å². The lowest BCUT2D eigenvalue weighted by Crippen LogP contribution is -2.41. The van der Waals surface area contributed by atoms with E-state index >= 15 is 0 Å². The van der Waals surface area contributed by atoms with Crippen LogP contribution < -0.4 is 14.8 Å². The fraction of sp³-hybridized carbons (Fsp3) is 0.478. The molecule has 0 aliphatic heterocycles. The smallest absolute Gasteiger partial charge is 0.251 e. The Labute approximate surface area is 167 Å². The van der Waals surface area contributed by atoms with Crippen LogP contribution in [0.15, 0.2) is 36.7 Å². The molecule has 1 aromatic carbocycles. The topological polar surface area (TPSA) is 60.5 Å². The average molecular weight is 383 g/mol. The first kappa shape index (κ1) is 20.2. The molecule has 28 heavy (non-hydrogen) atoms. The zero-order valence-corrected chi connectivity index (χ0v) is 17.0. The van der Waals surface area contributed by atoms with Gasteiger partial charge in [-0.25, -0.2) is 0 Å². The van der Waals surface area contributed by atoms with E-state index in [-0.39, 0.29) is 17.9 Å². The Morgan fingerprint density at radius 3 is 2.61 bits per heavy atom. The van der Waals surface area contributed by atoms with Gasteiger partial charge in [0.1, 0.15) is 0 Å². The van der Waals surface area contributed by atoms with Gasteiger partial charge in [0.05, 0.1) is 13.2 Å². The summed E-state index contributed by atoms with van der Waals surface area (Å²) in [6.07, 6.45) is 7.74. The second-order valence-electron chi connectivity index (χ2n) is 7.23. The van der Waals surface area contributed by atoms with Gasteiger partial charge < -0.3 is 14.8 Å². The van der Waals surface area contributed by atoms with Gasteiger partial charge in [-0.2, -0.15) is 0 Å². The third-order valence-electron chi connectivity index (χ3n) is 5.34. The lowest BCUT2D eigenvalue weighted by molar-refractivity contribution is 0.0920. The van der Waals surface area contributed by atoms with Crippen molar-refractivity contribution in [2.45, 2.75) is 58.4 Å². The molecule has 150 valence electrons. The molecule has 0 bridgehead atoms. The minimum atomic E-state index is -0.0206. The highest BCUT2D eigenvalue weighted by Gasteiger charge is 2.29. The summed E-state index contributed by atoms with van der Waals surface area (Å²) in [5.74, 6) is 1.81. The number of rotatable bonds is 7. The molecular weight excluding hydrogens is 352 g/mol. The first-order valence-corrected chi connectivity index (χ1v) is 10.2. The number of hydrogen-bond acceptors (Lipinski definition) is 4. The lowest BCUT2D eigenvalue weighted by atomic mass is 9.79. The molecule has 5 nitrogen and oxygen atoms in total. The van der Waals surface area contributed by atoms with Gasteiger partial charge in [-0.3, -0.25) is 9.78 Å². The molecule has 1 fully saturated rings. The number of carbonyl (C=O) groups is 1. The van der Waals surface area contributed by atoms with E-state index in [1.165, 1.54) is 12.0 Å². The van der Waals surface area contributed by atoms with Crippen LogP contribution in [0.3, 0.4) is 0 Å². The van der Waals surface area contributed by atoms with Crippen LogP contribution in [0, 0.1) is 6.92 Å². The van der Waals surface area contributed by atoms with Gasteiger partial charge in [-0.1, -0.05) is 18.9 Å². The number of aromatic nitrogens is 1. The molecule has 0 spiro atoms. The maximum Gasteiger partial charge on any atom is 0.251 e. The molecule has 1 heterocycles. The molecule has 0 unspecified atom stereocenters. The number of benzene rings is 1. The van der Waals surface area contributed by atoms with Crippen LogP contribution in [0.25, 0.3) is 0 Å². The number of pyridine rings is 1. The molecule has 0 radical (unpaired) electrons. The van der Waals surface area contributed by atoms with Crippen LogP contribution in [0.1, 0.15) is 66.9 Å². The summed E-state index contributed by atoms with van der Waals surface area (Å²) in [6.45, 7) is 7.06. The van der Waals surface area contributed by atoms with Gasteiger partial charge in [-0.05, 0) is 62.9 Å². The maximum absolute atomic E-state index is 12.8. The molecule has 1 aliphatic carbocycles. The van der Waals surface area contributed by atoms with Crippen LogP contribution in [-0.4, -0.2) is 30.1 Å². The molecule has 1 saturated carbocycles. The number of aryl methyl sites for hydroxylation is 1. The third-order valence-corrected chi connectivity index (χ3v) is 5.34. The Bertz CT molecular complexity index is 806. The van der Waals surface area contributed by atoms with Crippen LogP contribution in [0.5, 0.6) is 11.5 Å². The van der Waals surface area contributed by atoms with Gasteiger partial charge in [0.2, 0.25) is 0 Å². The maximum atomic E-state index is 12.8. The van der Waals surface area contributed by atoms with E-state index in [0.717, 1.165) is 36.3 Å². The van der Waals surface area contributed by atoms with E-state index in [1.807, 2.05) is 26.8 Å². The van der Waals surface area contributed by atoms with Crippen molar-refractivity contribution >= 4 is 5.91 Å². The van der Waals surface area contributed by atoms with Crippen molar-refractivity contribution in [3.05, 3.63) is 53.3 Å². The molecule has 0 saturated heterocycles. The molecule has 1 aromatic heterocycles. The average Bonchev–Trinajstić information content (AvgIpc) is 2.70. The normalized spacial score (nSPS) is 19.1. The highest BCUT2D eigenvalue weighted by Crippen LogP contribution is 2.38. The number of nitrogens with zero attached hydrogens (tertiary/aromatic N) is 1. The van der Waals surface area contributed by atoms with Gasteiger partial charge in [0.25, 0.3) is 5.91 Å². The Hall–Kier alpha value is -2.56. The number of carbonyl (C=O) groups excluding carboxylic acids is 1. The van der Waals surface area contributed by atoms with E-state index in [4.69, 9.17) is 9.47 Å². The summed E-state index contributed by atoms with van der Waals surface area (Å²) in [5.41, 5.74) is 2.79. The zero-order valence-electron chi connectivity index (χ0n) is 17.0. The van der Waals surface area contributed by atoms with Crippen molar-refractivity contribution in [3.8, 4) is 11.5 Å². The lowest BCUT2D eigenvalue weighted by Gasteiger charge is -2.33. The van der Waals surface area contributed by atoms with E-state index in [9.17, 15) is 4.79 Å². The van der Waals surface area contributed by atoms with E-state index in [2.05, 4.69) is 22.4 Å². The zero-order chi connectivity index (χ0) is 19.9. The van der Waals surface area contributed by atoms with E-state index in [1.54, 1.807) is 18.5 Å². The fourth-order valence-corrected chi connectivity index (χ4v) is 3.98. The summed E-state index contributed by atoms with van der Waals surface area (Å²) in [6, 6.07) is 8.08. The predicted molar refractivity (Wildman–Crippen MR) is 110 cm³/mol. The van der Waals surface area contributed by atoms with Gasteiger partial charge in [0.15, 0.2) is 11.5 Å². The Balaban J connectivity index is 1.82. The van der Waals surface area contributed by atoms with Gasteiger partial charge >= 0.3 is 0 Å². The van der Waals surface area contributed by atoms with Crippen LogP contribution in [0.2, 0.25) is 0 Å². The Morgan fingerprint density at radius 2 is 1.86 bits per heavy atom. The van der Waals surface area contributed by atoms with Crippen molar-refractivity contribution in [3.63, 3.8) is 0 Å². The van der Waals surface area contributed by atoms with E-state index < -0.39 is 0 Å². The number of hydrogen-bond donors (Lipinski definition) is 1. The third kappa shape index (κ3) is 4.64. The molecule has 5 heteroatoms. The Kier molecular flexibility index (Phi) is 6.90. The first-order valence-electron chi connectivity index (χ1n) is 10.2. The number of ether oxygens (including phenoxy) is 2. The molecule has 3 rings (SSSR count). The first-order chi connectivity index (χ1) is 13.6. The molecule has 1 N–H and O–H groups in total.